The summed E-state index contributed by atoms with van der Waals surface area (Å²) in [7, 11) is -3.28. The van der Waals surface area contributed by atoms with Gasteiger partial charge in [-0.1, -0.05) is 18.2 Å². The first-order valence-corrected chi connectivity index (χ1v) is 9.69. The van der Waals surface area contributed by atoms with Crippen LogP contribution in [0.3, 0.4) is 0 Å². The number of sulfonamides is 1. The molecule has 0 bridgehead atoms. The van der Waals surface area contributed by atoms with E-state index in [1.54, 1.807) is 0 Å². The van der Waals surface area contributed by atoms with Crippen molar-refractivity contribution in [2.45, 2.75) is 32.3 Å². The highest BCUT2D eigenvalue weighted by Crippen LogP contribution is 2.28. The lowest BCUT2D eigenvalue weighted by atomic mass is 10.1. The quantitative estimate of drug-likeness (QED) is 0.833. The Morgan fingerprint density at radius 1 is 1.26 bits per heavy atom. The highest BCUT2D eigenvalue weighted by atomic mass is 32.2. The maximum absolute atomic E-state index is 12.1. The second kappa shape index (κ2) is 6.05. The van der Waals surface area contributed by atoms with Crippen LogP contribution in [0.5, 0.6) is 0 Å². The molecule has 0 radical (unpaired) electrons. The third-order valence-electron chi connectivity index (χ3n) is 4.20. The summed E-state index contributed by atoms with van der Waals surface area (Å²) in [6.07, 6.45) is 1.28. The van der Waals surface area contributed by atoms with Crippen molar-refractivity contribution in [2.24, 2.45) is 0 Å². The van der Waals surface area contributed by atoms with Crippen molar-refractivity contribution in [3.05, 3.63) is 29.8 Å². The number of rotatable bonds is 3. The number of ether oxygens (including phenoxy) is 2. The molecule has 0 amide bonds. The van der Waals surface area contributed by atoms with Crippen LogP contribution in [0.15, 0.2) is 24.3 Å². The van der Waals surface area contributed by atoms with E-state index >= 15 is 0 Å². The molecular weight excluding hydrogens is 316 g/mol. The van der Waals surface area contributed by atoms with Crippen LogP contribution in [0.2, 0.25) is 0 Å². The number of fused-ring (bicyclic) bond motifs is 1. The van der Waals surface area contributed by atoms with E-state index in [-0.39, 0.29) is 6.10 Å². The average molecular weight is 340 g/mol. The van der Waals surface area contributed by atoms with Gasteiger partial charge >= 0.3 is 0 Å². The van der Waals surface area contributed by atoms with Gasteiger partial charge in [0.25, 0.3) is 0 Å². The molecule has 1 saturated heterocycles. The van der Waals surface area contributed by atoms with Gasteiger partial charge in [-0.25, -0.2) is 8.42 Å². The molecule has 23 heavy (non-hydrogen) atoms. The third kappa shape index (κ3) is 3.85. The summed E-state index contributed by atoms with van der Waals surface area (Å²) < 4.78 is 37.2. The largest absolute Gasteiger partial charge is 0.348 e. The fourth-order valence-corrected chi connectivity index (χ4v) is 4.15. The summed E-state index contributed by atoms with van der Waals surface area (Å²) >= 11 is 0. The first-order chi connectivity index (χ1) is 10.7. The first kappa shape index (κ1) is 16.7. The molecule has 1 fully saturated rings. The lowest BCUT2D eigenvalue weighted by Gasteiger charge is -2.24. The monoisotopic (exact) mass is 340 g/mol. The maximum Gasteiger partial charge on any atom is 0.232 e. The van der Waals surface area contributed by atoms with E-state index in [0.29, 0.717) is 26.2 Å². The van der Waals surface area contributed by atoms with E-state index in [0.717, 1.165) is 17.8 Å². The van der Waals surface area contributed by atoms with Crippen LogP contribution in [-0.4, -0.2) is 57.7 Å². The van der Waals surface area contributed by atoms with Gasteiger partial charge in [0.2, 0.25) is 10.0 Å². The van der Waals surface area contributed by atoms with Crippen LogP contribution < -0.4 is 4.31 Å². The predicted octanol–water partition coefficient (Wildman–Crippen LogP) is 1.42. The Kier molecular flexibility index (Phi) is 4.39. The van der Waals surface area contributed by atoms with E-state index in [2.05, 4.69) is 4.90 Å². The zero-order chi connectivity index (χ0) is 16.7. The van der Waals surface area contributed by atoms with Gasteiger partial charge < -0.3 is 9.47 Å². The van der Waals surface area contributed by atoms with Gasteiger partial charge in [-0.3, -0.25) is 9.21 Å². The fourth-order valence-electron chi connectivity index (χ4n) is 3.20. The Hall–Kier alpha value is -1.15. The fraction of sp³-hybridized carbons (Fsp3) is 0.625. The molecule has 0 spiro atoms. The molecule has 1 atom stereocenters. The van der Waals surface area contributed by atoms with Crippen LogP contribution in [0.25, 0.3) is 0 Å². The van der Waals surface area contributed by atoms with Gasteiger partial charge in [0, 0.05) is 26.2 Å². The molecule has 1 aromatic rings. The van der Waals surface area contributed by atoms with Gasteiger partial charge in [0.1, 0.15) is 0 Å². The molecule has 2 heterocycles. The molecule has 0 aromatic heterocycles. The Morgan fingerprint density at radius 2 is 2.00 bits per heavy atom. The lowest BCUT2D eigenvalue weighted by molar-refractivity contribution is -0.140. The van der Waals surface area contributed by atoms with Gasteiger partial charge in [0.15, 0.2) is 5.79 Å². The van der Waals surface area contributed by atoms with Crippen molar-refractivity contribution in [1.29, 1.82) is 0 Å². The number of hydrogen-bond acceptors (Lipinski definition) is 5. The smallest absolute Gasteiger partial charge is 0.232 e. The summed E-state index contributed by atoms with van der Waals surface area (Å²) in [5.41, 5.74) is 1.80. The van der Waals surface area contributed by atoms with Crippen LogP contribution in [0.4, 0.5) is 5.69 Å². The first-order valence-electron chi connectivity index (χ1n) is 7.84. The lowest BCUT2D eigenvalue weighted by Crippen LogP contribution is -2.38. The van der Waals surface area contributed by atoms with E-state index in [1.165, 1.54) is 10.6 Å². The number of para-hydroxylation sites is 1. The second-order valence-electron chi connectivity index (χ2n) is 6.65. The van der Waals surface area contributed by atoms with Crippen molar-refractivity contribution in [2.75, 3.05) is 36.8 Å². The highest BCUT2D eigenvalue weighted by molar-refractivity contribution is 7.92. The number of benzene rings is 1. The Morgan fingerprint density at radius 3 is 2.65 bits per heavy atom. The summed E-state index contributed by atoms with van der Waals surface area (Å²) in [5, 5.41) is 0. The summed E-state index contributed by atoms with van der Waals surface area (Å²) in [4.78, 5) is 2.24. The molecule has 2 aliphatic heterocycles. The van der Waals surface area contributed by atoms with Crippen molar-refractivity contribution in [3.8, 4) is 0 Å². The minimum Gasteiger partial charge on any atom is -0.348 e. The Balaban J connectivity index is 1.78. The molecule has 3 rings (SSSR count). The van der Waals surface area contributed by atoms with Crippen molar-refractivity contribution in [1.82, 2.24) is 4.90 Å². The van der Waals surface area contributed by atoms with Crippen molar-refractivity contribution < 1.29 is 17.9 Å². The predicted molar refractivity (Wildman–Crippen MR) is 88.8 cm³/mol. The molecule has 0 N–H and O–H groups in total. The zero-order valence-electron chi connectivity index (χ0n) is 13.9. The maximum atomic E-state index is 12.1. The normalized spacial score (nSPS) is 25.2. The van der Waals surface area contributed by atoms with Crippen LogP contribution >= 0.6 is 0 Å². The molecule has 0 unspecified atom stereocenters. The third-order valence-corrected chi connectivity index (χ3v) is 5.38. The Labute approximate surface area is 138 Å². The molecule has 128 valence electrons. The van der Waals surface area contributed by atoms with Crippen LogP contribution in [0, 0.1) is 0 Å². The van der Waals surface area contributed by atoms with Crippen molar-refractivity contribution in [3.63, 3.8) is 0 Å². The number of hydrogen-bond donors (Lipinski definition) is 0. The second-order valence-corrected chi connectivity index (χ2v) is 8.56. The van der Waals surface area contributed by atoms with Crippen LogP contribution in [0.1, 0.15) is 19.4 Å². The molecule has 6 nitrogen and oxygen atoms in total. The van der Waals surface area contributed by atoms with Crippen LogP contribution in [-0.2, 0) is 26.0 Å². The zero-order valence-corrected chi connectivity index (χ0v) is 14.7. The van der Waals surface area contributed by atoms with E-state index < -0.39 is 15.8 Å². The molecule has 0 aliphatic carbocycles. The highest BCUT2D eigenvalue weighted by Gasteiger charge is 2.34. The SMILES string of the molecule is CC1(C)OC[C@H](CN2CCN(S(C)(=O)=O)c3ccccc3C2)O1. The Bertz CT molecular complexity index is 674. The molecule has 2 aliphatic rings. The average Bonchev–Trinajstić information content (AvgIpc) is 2.67. The summed E-state index contributed by atoms with van der Waals surface area (Å²) in [6, 6.07) is 7.68. The topological polar surface area (TPSA) is 59.1 Å². The van der Waals surface area contributed by atoms with E-state index in [1.807, 2.05) is 38.1 Å². The van der Waals surface area contributed by atoms with E-state index in [4.69, 9.17) is 9.47 Å². The number of nitrogens with zero attached hydrogens (tertiary/aromatic N) is 2. The molecular formula is C16H24N2O4S. The van der Waals surface area contributed by atoms with E-state index in [9.17, 15) is 8.42 Å². The van der Waals surface area contributed by atoms with Gasteiger partial charge in [-0.15, -0.1) is 0 Å². The van der Waals surface area contributed by atoms with Gasteiger partial charge in [-0.2, -0.15) is 0 Å². The minimum atomic E-state index is -3.28. The number of anilines is 1. The summed E-state index contributed by atoms with van der Waals surface area (Å²) in [6.45, 7) is 6.96. The van der Waals surface area contributed by atoms with Gasteiger partial charge in [-0.05, 0) is 25.5 Å². The van der Waals surface area contributed by atoms with Crippen molar-refractivity contribution >= 4 is 15.7 Å². The standard InChI is InChI=1S/C16H24N2O4S/c1-16(2)21-12-14(22-16)11-17-8-9-18(23(3,19)20)15-7-5-4-6-13(15)10-17/h4-7,14H,8-12H2,1-3H3/t14-/m0/s1. The summed E-state index contributed by atoms with van der Waals surface area (Å²) in [5.74, 6) is -0.535. The molecule has 1 aromatic carbocycles. The molecule has 0 saturated carbocycles. The van der Waals surface area contributed by atoms with Gasteiger partial charge in [0.05, 0.1) is 24.7 Å². The molecule has 7 heteroatoms. The minimum absolute atomic E-state index is 0.0157.